The summed E-state index contributed by atoms with van der Waals surface area (Å²) in [5, 5.41) is 2.36. The van der Waals surface area contributed by atoms with Gasteiger partial charge >= 0.3 is 5.97 Å². The molecule has 0 aliphatic heterocycles. The van der Waals surface area contributed by atoms with Crippen molar-refractivity contribution < 1.29 is 14.1 Å². The van der Waals surface area contributed by atoms with E-state index in [0.29, 0.717) is 23.0 Å². The van der Waals surface area contributed by atoms with Gasteiger partial charge in [-0.2, -0.15) is 4.57 Å². The van der Waals surface area contributed by atoms with Crippen LogP contribution in [0, 0.1) is 0 Å². The first kappa shape index (κ1) is 17.3. The number of pyridine rings is 1. The second-order valence-electron chi connectivity index (χ2n) is 6.21. The first-order valence-corrected chi connectivity index (χ1v) is 9.01. The van der Waals surface area contributed by atoms with Gasteiger partial charge in [0.15, 0.2) is 12.7 Å². The van der Waals surface area contributed by atoms with Gasteiger partial charge in [0.05, 0.1) is 5.39 Å². The number of hydrogen-bond donors (Lipinski definition) is 0. The standard InChI is InChI=1S/C23H17ClNO2/c24-19-10-6-11-20(15-19)27-23(26)22-21-12-5-4-9-18(21)13-14-25(22)16-17-7-2-1-3-8-17/h1-15H,16H2/q+1. The van der Waals surface area contributed by atoms with E-state index >= 15 is 0 Å². The van der Waals surface area contributed by atoms with Crippen LogP contribution in [0.3, 0.4) is 0 Å². The highest BCUT2D eigenvalue weighted by Crippen LogP contribution is 2.21. The summed E-state index contributed by atoms with van der Waals surface area (Å²) in [6.07, 6.45) is 1.92. The Morgan fingerprint density at radius 1 is 0.889 bits per heavy atom. The maximum atomic E-state index is 13.1. The Kier molecular flexibility index (Phi) is 4.86. The highest BCUT2D eigenvalue weighted by atomic mass is 35.5. The van der Waals surface area contributed by atoms with Crippen LogP contribution in [0.15, 0.2) is 91.1 Å². The van der Waals surface area contributed by atoms with Crippen LogP contribution in [0.25, 0.3) is 10.8 Å². The summed E-state index contributed by atoms with van der Waals surface area (Å²) in [7, 11) is 0. The van der Waals surface area contributed by atoms with E-state index in [9.17, 15) is 4.79 Å². The van der Waals surface area contributed by atoms with Crippen LogP contribution in [-0.4, -0.2) is 5.97 Å². The molecule has 0 aliphatic rings. The highest BCUT2D eigenvalue weighted by molar-refractivity contribution is 6.30. The highest BCUT2D eigenvalue weighted by Gasteiger charge is 2.25. The van der Waals surface area contributed by atoms with E-state index in [1.54, 1.807) is 24.3 Å². The predicted molar refractivity (Wildman–Crippen MR) is 106 cm³/mol. The number of carbonyl (C=O) groups excluding carboxylic acids is 1. The first-order valence-electron chi connectivity index (χ1n) is 8.63. The summed E-state index contributed by atoms with van der Waals surface area (Å²) in [6.45, 7) is 0.575. The number of benzene rings is 3. The van der Waals surface area contributed by atoms with Gasteiger partial charge in [-0.25, -0.2) is 4.79 Å². The topological polar surface area (TPSA) is 30.2 Å². The average Bonchev–Trinajstić information content (AvgIpc) is 2.68. The Hall–Kier alpha value is -3.17. The molecule has 0 N–H and O–H groups in total. The summed E-state index contributed by atoms with van der Waals surface area (Å²) in [5.74, 6) is 0.0108. The lowest BCUT2D eigenvalue weighted by Gasteiger charge is -2.08. The zero-order chi connectivity index (χ0) is 18.6. The monoisotopic (exact) mass is 374 g/mol. The molecule has 132 valence electrons. The van der Waals surface area contributed by atoms with Gasteiger partial charge in [-0.3, -0.25) is 0 Å². The molecule has 27 heavy (non-hydrogen) atoms. The van der Waals surface area contributed by atoms with Crippen molar-refractivity contribution in [2.75, 3.05) is 0 Å². The summed E-state index contributed by atoms with van der Waals surface area (Å²) < 4.78 is 7.54. The van der Waals surface area contributed by atoms with Gasteiger partial charge in [0.1, 0.15) is 5.75 Å². The molecule has 0 saturated carbocycles. The Morgan fingerprint density at radius 3 is 2.48 bits per heavy atom. The molecule has 0 aliphatic carbocycles. The lowest BCUT2D eigenvalue weighted by molar-refractivity contribution is -0.689. The summed E-state index contributed by atoms with van der Waals surface area (Å²) >= 11 is 6.01. The minimum absolute atomic E-state index is 0.412. The molecule has 3 nitrogen and oxygen atoms in total. The predicted octanol–water partition coefficient (Wildman–Crippen LogP) is 5.05. The second kappa shape index (κ2) is 7.60. The van der Waals surface area contributed by atoms with Gasteiger partial charge in [0.2, 0.25) is 0 Å². The van der Waals surface area contributed by atoms with Gasteiger partial charge in [0, 0.05) is 16.7 Å². The molecule has 0 fully saturated rings. The van der Waals surface area contributed by atoms with Crippen LogP contribution in [0.4, 0.5) is 0 Å². The minimum atomic E-state index is -0.412. The molecule has 0 radical (unpaired) electrons. The average molecular weight is 375 g/mol. The Bertz CT molecular complexity index is 1110. The quantitative estimate of drug-likeness (QED) is 0.284. The van der Waals surface area contributed by atoms with Crippen molar-refractivity contribution in [3.63, 3.8) is 0 Å². The SMILES string of the molecule is O=C(Oc1cccc(Cl)c1)c1c2ccccc2cc[n+]1Cc1ccccc1. The molecule has 0 atom stereocenters. The molecule has 3 aromatic carbocycles. The largest absolute Gasteiger partial charge is 0.418 e. The minimum Gasteiger partial charge on any atom is -0.418 e. The van der Waals surface area contributed by atoms with Gasteiger partial charge in [-0.15, -0.1) is 0 Å². The van der Waals surface area contributed by atoms with E-state index in [0.717, 1.165) is 16.3 Å². The zero-order valence-corrected chi connectivity index (χ0v) is 15.3. The van der Waals surface area contributed by atoms with Gasteiger partial charge in [-0.1, -0.05) is 66.2 Å². The second-order valence-corrected chi connectivity index (χ2v) is 6.65. The van der Waals surface area contributed by atoms with Gasteiger partial charge in [-0.05, 0) is 29.7 Å². The number of fused-ring (bicyclic) bond motifs is 1. The molecule has 0 spiro atoms. The molecule has 4 rings (SSSR count). The number of aromatic nitrogens is 1. The molecular formula is C23H17ClNO2+. The fourth-order valence-electron chi connectivity index (χ4n) is 3.08. The number of ether oxygens (including phenoxy) is 1. The maximum absolute atomic E-state index is 13.1. The van der Waals surface area contributed by atoms with Gasteiger partial charge in [0.25, 0.3) is 5.69 Å². The third-order valence-electron chi connectivity index (χ3n) is 4.33. The van der Waals surface area contributed by atoms with E-state index < -0.39 is 5.97 Å². The van der Waals surface area contributed by atoms with E-state index in [1.165, 1.54) is 0 Å². The van der Waals surface area contributed by atoms with Crippen molar-refractivity contribution in [1.29, 1.82) is 0 Å². The van der Waals surface area contributed by atoms with Crippen molar-refractivity contribution in [3.8, 4) is 5.75 Å². The Balaban J connectivity index is 1.78. The number of halogens is 1. The molecular weight excluding hydrogens is 358 g/mol. The first-order chi connectivity index (χ1) is 13.2. The summed E-state index contributed by atoms with van der Waals surface area (Å²) in [5.41, 5.74) is 1.62. The summed E-state index contributed by atoms with van der Waals surface area (Å²) in [4.78, 5) is 13.1. The molecule has 1 heterocycles. The van der Waals surface area contributed by atoms with Gasteiger partial charge < -0.3 is 4.74 Å². The fourth-order valence-corrected chi connectivity index (χ4v) is 3.26. The van der Waals surface area contributed by atoms with Crippen LogP contribution in [0.5, 0.6) is 5.75 Å². The Morgan fingerprint density at radius 2 is 1.67 bits per heavy atom. The zero-order valence-electron chi connectivity index (χ0n) is 14.5. The van der Waals surface area contributed by atoms with Crippen LogP contribution in [-0.2, 0) is 6.54 Å². The molecule has 0 bridgehead atoms. The van der Waals surface area contributed by atoms with Crippen molar-refractivity contribution in [2.45, 2.75) is 6.54 Å². The van der Waals surface area contributed by atoms with E-state index in [1.807, 2.05) is 71.4 Å². The lowest BCUT2D eigenvalue weighted by atomic mass is 10.1. The van der Waals surface area contributed by atoms with Crippen LogP contribution < -0.4 is 9.30 Å². The Labute approximate surface area is 162 Å². The maximum Gasteiger partial charge on any atom is 0.409 e. The third-order valence-corrected chi connectivity index (χ3v) is 4.57. The molecule has 0 unspecified atom stereocenters. The molecule has 0 saturated heterocycles. The van der Waals surface area contributed by atoms with E-state index in [-0.39, 0.29) is 0 Å². The molecule has 0 amide bonds. The lowest BCUT2D eigenvalue weighted by Crippen LogP contribution is -2.42. The van der Waals surface area contributed by atoms with E-state index in [4.69, 9.17) is 16.3 Å². The normalized spacial score (nSPS) is 10.7. The van der Waals surface area contributed by atoms with Crippen molar-refractivity contribution in [3.05, 3.63) is 107 Å². The van der Waals surface area contributed by atoms with Crippen molar-refractivity contribution >= 4 is 28.3 Å². The molecule has 1 aromatic heterocycles. The summed E-state index contributed by atoms with van der Waals surface area (Å²) in [6, 6.07) is 26.7. The van der Waals surface area contributed by atoms with Crippen LogP contribution in [0.2, 0.25) is 5.02 Å². The molecule has 4 heteroatoms. The van der Waals surface area contributed by atoms with Crippen LogP contribution >= 0.6 is 11.6 Å². The number of esters is 1. The number of hydrogen-bond acceptors (Lipinski definition) is 2. The van der Waals surface area contributed by atoms with Crippen molar-refractivity contribution in [1.82, 2.24) is 0 Å². The van der Waals surface area contributed by atoms with Crippen LogP contribution in [0.1, 0.15) is 16.1 Å². The van der Waals surface area contributed by atoms with Crippen molar-refractivity contribution in [2.24, 2.45) is 0 Å². The molecule has 4 aromatic rings. The van der Waals surface area contributed by atoms with E-state index in [2.05, 4.69) is 0 Å². The number of carbonyl (C=O) groups is 1. The third kappa shape index (κ3) is 3.83. The number of nitrogens with zero attached hydrogens (tertiary/aromatic N) is 1. The smallest absolute Gasteiger partial charge is 0.409 e. The number of rotatable bonds is 4. The fraction of sp³-hybridized carbons (Fsp3) is 0.0435.